The van der Waals surface area contributed by atoms with Crippen LogP contribution in [0.1, 0.15) is 18.4 Å². The van der Waals surface area contributed by atoms with Gasteiger partial charge in [0.1, 0.15) is 5.82 Å². The number of carbonyl (C=O) groups is 2. The van der Waals surface area contributed by atoms with Gasteiger partial charge in [-0.1, -0.05) is 0 Å². The summed E-state index contributed by atoms with van der Waals surface area (Å²) in [6.45, 7) is 1.50. The first-order valence-electron chi connectivity index (χ1n) is 8.88. The highest BCUT2D eigenvalue weighted by atomic mass is 32.1. The Morgan fingerprint density at radius 1 is 1.33 bits per heavy atom. The third-order valence-electron chi connectivity index (χ3n) is 4.45. The molecule has 1 atom stereocenters. The predicted octanol–water partition coefficient (Wildman–Crippen LogP) is 2.16. The number of thiazole rings is 1. The number of anilines is 2. The number of nitrogens with one attached hydrogen (secondary N) is 2. The zero-order valence-electron chi connectivity index (χ0n) is 15.5. The monoisotopic (exact) mass is 388 g/mol. The molecule has 1 saturated heterocycles. The first-order valence-corrected chi connectivity index (χ1v) is 9.76. The van der Waals surface area contributed by atoms with Crippen molar-refractivity contribution in [2.45, 2.75) is 19.4 Å². The second kappa shape index (κ2) is 8.81. The highest BCUT2D eigenvalue weighted by Gasteiger charge is 2.28. The number of pyridine rings is 1. The molecule has 0 bridgehead atoms. The van der Waals surface area contributed by atoms with Crippen molar-refractivity contribution in [3.8, 4) is 0 Å². The molecule has 0 spiro atoms. The van der Waals surface area contributed by atoms with Crippen molar-refractivity contribution in [1.82, 2.24) is 20.2 Å². The molecule has 1 aliphatic rings. The van der Waals surface area contributed by atoms with Crippen molar-refractivity contribution in [2.75, 3.05) is 37.4 Å². The lowest BCUT2D eigenvalue weighted by Gasteiger charge is -2.32. The highest BCUT2D eigenvalue weighted by Crippen LogP contribution is 2.20. The molecule has 27 heavy (non-hydrogen) atoms. The van der Waals surface area contributed by atoms with Crippen LogP contribution in [0.25, 0.3) is 0 Å². The van der Waals surface area contributed by atoms with Crippen molar-refractivity contribution in [3.63, 3.8) is 0 Å². The average Bonchev–Trinajstić information content (AvgIpc) is 3.19. The van der Waals surface area contributed by atoms with Crippen LogP contribution >= 0.6 is 11.3 Å². The molecule has 0 aliphatic carbocycles. The maximum absolute atomic E-state index is 12.5. The fraction of sp³-hybridized carbons (Fsp3) is 0.444. The molecule has 0 radical (unpaired) electrons. The third-order valence-corrected chi connectivity index (χ3v) is 5.14. The van der Waals surface area contributed by atoms with Crippen molar-refractivity contribution >= 4 is 34.2 Å². The van der Waals surface area contributed by atoms with Gasteiger partial charge in [0.2, 0.25) is 5.91 Å². The van der Waals surface area contributed by atoms with Gasteiger partial charge in [0.25, 0.3) is 0 Å². The van der Waals surface area contributed by atoms with Gasteiger partial charge in [0.15, 0.2) is 5.13 Å². The maximum atomic E-state index is 12.5. The number of aromatic nitrogens is 2. The van der Waals surface area contributed by atoms with Gasteiger partial charge in [-0.15, -0.1) is 11.3 Å². The van der Waals surface area contributed by atoms with Crippen LogP contribution in [-0.2, 0) is 11.3 Å². The molecule has 0 saturated carbocycles. The number of amides is 3. The largest absolute Gasteiger partial charge is 0.363 e. The van der Waals surface area contributed by atoms with Gasteiger partial charge in [-0.2, -0.15) is 0 Å². The summed E-state index contributed by atoms with van der Waals surface area (Å²) in [5.41, 5.74) is 0.983. The number of nitrogens with zero attached hydrogens (tertiary/aromatic N) is 4. The maximum Gasteiger partial charge on any atom is 0.317 e. The Balaban J connectivity index is 1.52. The molecule has 1 aliphatic heterocycles. The Kier molecular flexibility index (Phi) is 6.23. The van der Waals surface area contributed by atoms with E-state index in [-0.39, 0.29) is 17.9 Å². The lowest BCUT2D eigenvalue weighted by Crippen LogP contribution is -2.47. The Bertz CT molecular complexity index is 780. The van der Waals surface area contributed by atoms with Crippen LogP contribution in [0.5, 0.6) is 0 Å². The number of piperidine rings is 1. The standard InChI is InChI=1S/C18H24N6O2S/c1-23(2)15-10-13(5-6-19-15)11-21-18(26)24-8-3-4-14(12-24)16(25)22-17-20-7-9-27-17/h5-7,9-10,14H,3-4,8,11-12H2,1-2H3,(H,21,26)(H,20,22,25). The normalized spacial score (nSPS) is 16.7. The molecule has 0 aromatic carbocycles. The van der Waals surface area contributed by atoms with Crippen LogP contribution in [-0.4, -0.2) is 54.0 Å². The molecule has 3 heterocycles. The molecule has 3 amide bonds. The van der Waals surface area contributed by atoms with E-state index in [0.717, 1.165) is 24.2 Å². The molecule has 144 valence electrons. The minimum Gasteiger partial charge on any atom is -0.363 e. The van der Waals surface area contributed by atoms with E-state index in [2.05, 4.69) is 20.6 Å². The van der Waals surface area contributed by atoms with Crippen LogP contribution in [0.2, 0.25) is 0 Å². The number of hydrogen-bond acceptors (Lipinski definition) is 6. The summed E-state index contributed by atoms with van der Waals surface area (Å²) in [7, 11) is 3.85. The van der Waals surface area contributed by atoms with Gasteiger partial charge >= 0.3 is 6.03 Å². The van der Waals surface area contributed by atoms with Gasteiger partial charge in [-0.3, -0.25) is 4.79 Å². The number of likely N-dealkylation sites (tertiary alicyclic amines) is 1. The van der Waals surface area contributed by atoms with E-state index in [1.54, 1.807) is 17.3 Å². The molecule has 3 rings (SSSR count). The minimum absolute atomic E-state index is 0.0767. The van der Waals surface area contributed by atoms with Gasteiger partial charge in [0, 0.05) is 51.5 Å². The number of urea groups is 1. The van der Waals surface area contributed by atoms with E-state index in [9.17, 15) is 9.59 Å². The quantitative estimate of drug-likeness (QED) is 0.819. The predicted molar refractivity (Wildman–Crippen MR) is 106 cm³/mol. The van der Waals surface area contributed by atoms with Crippen molar-refractivity contribution < 1.29 is 9.59 Å². The van der Waals surface area contributed by atoms with Crippen LogP contribution in [0.4, 0.5) is 15.7 Å². The summed E-state index contributed by atoms with van der Waals surface area (Å²) >= 11 is 1.39. The first-order chi connectivity index (χ1) is 13.0. The number of hydrogen-bond donors (Lipinski definition) is 2. The van der Waals surface area contributed by atoms with E-state index in [1.165, 1.54) is 11.3 Å². The summed E-state index contributed by atoms with van der Waals surface area (Å²) in [6.07, 6.45) is 4.97. The molecule has 2 aromatic heterocycles. The van der Waals surface area contributed by atoms with Crippen LogP contribution in [0.3, 0.4) is 0 Å². The van der Waals surface area contributed by atoms with Gasteiger partial charge < -0.3 is 20.4 Å². The molecule has 1 unspecified atom stereocenters. The van der Waals surface area contributed by atoms with E-state index in [1.807, 2.05) is 36.5 Å². The number of carbonyl (C=O) groups excluding carboxylic acids is 2. The van der Waals surface area contributed by atoms with Gasteiger partial charge in [-0.05, 0) is 30.5 Å². The Hall–Kier alpha value is -2.68. The molecule has 9 heteroatoms. The van der Waals surface area contributed by atoms with Gasteiger partial charge in [-0.25, -0.2) is 14.8 Å². The Labute approximate surface area is 162 Å². The van der Waals surface area contributed by atoms with E-state index in [0.29, 0.717) is 24.8 Å². The van der Waals surface area contributed by atoms with Crippen LogP contribution in [0, 0.1) is 5.92 Å². The van der Waals surface area contributed by atoms with Crippen molar-refractivity contribution in [1.29, 1.82) is 0 Å². The van der Waals surface area contributed by atoms with Crippen molar-refractivity contribution in [2.24, 2.45) is 5.92 Å². The SMILES string of the molecule is CN(C)c1cc(CNC(=O)N2CCCC(C(=O)Nc3nccs3)C2)ccn1. The molecular formula is C18H24N6O2S. The summed E-state index contributed by atoms with van der Waals surface area (Å²) in [4.78, 5) is 36.9. The molecule has 2 aromatic rings. The Morgan fingerprint density at radius 2 is 2.19 bits per heavy atom. The topological polar surface area (TPSA) is 90.5 Å². The fourth-order valence-corrected chi connectivity index (χ4v) is 3.50. The number of rotatable bonds is 5. The smallest absolute Gasteiger partial charge is 0.317 e. The summed E-state index contributed by atoms with van der Waals surface area (Å²) in [5.74, 6) is 0.556. The van der Waals surface area contributed by atoms with E-state index < -0.39 is 0 Å². The van der Waals surface area contributed by atoms with Crippen molar-refractivity contribution in [3.05, 3.63) is 35.5 Å². The molecular weight excluding hydrogens is 364 g/mol. The second-order valence-corrected chi connectivity index (χ2v) is 7.58. The van der Waals surface area contributed by atoms with Gasteiger partial charge in [0.05, 0.1) is 5.92 Å². The fourth-order valence-electron chi connectivity index (χ4n) is 2.97. The first kappa shape index (κ1) is 19.1. The molecule has 1 fully saturated rings. The summed E-state index contributed by atoms with van der Waals surface area (Å²) in [6, 6.07) is 3.68. The zero-order valence-corrected chi connectivity index (χ0v) is 16.3. The summed E-state index contributed by atoms with van der Waals surface area (Å²) in [5, 5.41) is 8.17. The minimum atomic E-state index is -0.213. The molecule has 2 N–H and O–H groups in total. The van der Waals surface area contributed by atoms with Crippen LogP contribution < -0.4 is 15.5 Å². The van der Waals surface area contributed by atoms with Crippen LogP contribution in [0.15, 0.2) is 29.9 Å². The average molecular weight is 388 g/mol. The van der Waals surface area contributed by atoms with E-state index >= 15 is 0 Å². The lowest BCUT2D eigenvalue weighted by atomic mass is 9.97. The third kappa shape index (κ3) is 5.16. The van der Waals surface area contributed by atoms with E-state index in [4.69, 9.17) is 0 Å². The summed E-state index contributed by atoms with van der Waals surface area (Å²) < 4.78 is 0. The Morgan fingerprint density at radius 3 is 2.93 bits per heavy atom. The second-order valence-electron chi connectivity index (χ2n) is 6.69. The molecule has 8 nitrogen and oxygen atoms in total. The zero-order chi connectivity index (χ0) is 19.2. The highest BCUT2D eigenvalue weighted by molar-refractivity contribution is 7.13. The lowest BCUT2D eigenvalue weighted by molar-refractivity contribution is -0.121.